The van der Waals surface area contributed by atoms with Crippen LogP contribution < -0.4 is 28.4 Å². The van der Waals surface area contributed by atoms with Gasteiger partial charge >= 0.3 is 0 Å². The molecular weight excluding hydrogens is 1370 g/mol. The maximum Gasteiger partial charge on any atom is 0.119 e. The molecule has 18 heteroatoms. The second kappa shape index (κ2) is 30.9. The first-order chi connectivity index (χ1) is 51.9. The van der Waals surface area contributed by atoms with Gasteiger partial charge in [-0.05, 0) is 250 Å². The molecule has 108 heavy (non-hydrogen) atoms. The largest absolute Gasteiger partial charge is 0.508 e. The summed E-state index contributed by atoms with van der Waals surface area (Å²) >= 11 is 0. The Morgan fingerprint density at radius 1 is 0.167 bits per heavy atom. The van der Waals surface area contributed by atoms with Gasteiger partial charge in [-0.1, -0.05) is 91.0 Å². The van der Waals surface area contributed by atoms with Gasteiger partial charge in [0.25, 0.3) is 0 Å². The summed E-state index contributed by atoms with van der Waals surface area (Å²) in [5, 5.41) is 124. The van der Waals surface area contributed by atoms with Crippen molar-refractivity contribution in [2.45, 2.75) is 76.7 Å². The van der Waals surface area contributed by atoms with Crippen LogP contribution in [-0.2, 0) is 55.9 Å². The summed E-state index contributed by atoms with van der Waals surface area (Å²) in [7, 11) is 0. The Bertz CT molecular complexity index is 4380. The molecule has 0 aliphatic carbocycles. The molecule has 13 rings (SSSR count). The van der Waals surface area contributed by atoms with Crippen molar-refractivity contribution in [2.75, 3.05) is 0 Å². The summed E-state index contributed by atoms with van der Waals surface area (Å²) in [6, 6.07) is 78.8. The lowest BCUT2D eigenvalue weighted by Crippen LogP contribution is -2.32. The van der Waals surface area contributed by atoms with Crippen LogP contribution in [-0.4, -0.2) is 61.3 Å². The number of hydrogen-bond acceptors (Lipinski definition) is 18. The highest BCUT2D eigenvalue weighted by atomic mass is 16.5. The molecule has 0 unspecified atom stereocenters. The van der Waals surface area contributed by atoms with Crippen LogP contribution in [0, 0.1) is 0 Å². The highest BCUT2D eigenvalue weighted by Crippen LogP contribution is 2.50. The minimum absolute atomic E-state index is 0.0276. The van der Waals surface area contributed by atoms with Crippen molar-refractivity contribution >= 4 is 0 Å². The number of phenolic OH excluding ortho intramolecular Hbond substituents is 12. The molecule has 13 aromatic rings. The molecule has 18 nitrogen and oxygen atoms in total. The van der Waals surface area contributed by atoms with Crippen molar-refractivity contribution in [1.82, 2.24) is 0 Å². The molecule has 0 radical (unpaired) electrons. The second-order valence-electron chi connectivity index (χ2n) is 27.2. The maximum absolute atomic E-state index is 10.4. The molecule has 0 saturated carbocycles. The van der Waals surface area contributed by atoms with Gasteiger partial charge in [0.2, 0.25) is 0 Å². The molecule has 0 fully saturated rings. The minimum atomic E-state index is -1.09. The predicted molar refractivity (Wildman–Crippen MR) is 406 cm³/mol. The highest BCUT2D eigenvalue weighted by molar-refractivity contribution is 5.62. The molecule has 0 aromatic heterocycles. The molecule has 0 spiro atoms. The Kier molecular flexibility index (Phi) is 20.8. The number of hydrogen-bond donors (Lipinski definition) is 12. The van der Waals surface area contributed by atoms with Gasteiger partial charge in [-0.3, -0.25) is 0 Å². The van der Waals surface area contributed by atoms with Gasteiger partial charge in [-0.15, -0.1) is 0 Å². The van der Waals surface area contributed by atoms with Crippen LogP contribution >= 0.6 is 0 Å². The highest BCUT2D eigenvalue weighted by Gasteiger charge is 2.41. The SMILES string of the molecule is CC(c1ccc(OCc2cc(O)cc(O)c2)cc1)(c1ccc(OCc2cc(O)cc(O)c2)cc1)c1cc(C(C)(c2ccc(OCc3cc(O)cc(O)c3)cc2)c2ccc(OCc3cc(O)cc(O)c3)cc2)cc(C(C)(c2ccc(OCc3cc(O)cc(O)c3)cc2)c2ccc(OCc3cc(O)cc(O)c3)cc2)c1. The molecule has 0 heterocycles. The fraction of sp³-hybridized carbons (Fsp3) is 0.133. The molecule has 0 aliphatic heterocycles. The lowest BCUT2D eigenvalue weighted by Gasteiger charge is -2.39. The van der Waals surface area contributed by atoms with E-state index in [0.29, 0.717) is 67.9 Å². The molecule has 0 atom stereocenters. The number of phenols is 12. The van der Waals surface area contributed by atoms with Crippen LogP contribution in [0.1, 0.15) is 104 Å². The van der Waals surface area contributed by atoms with Crippen LogP contribution in [0.2, 0.25) is 0 Å². The maximum atomic E-state index is 10.4. The second-order valence-corrected chi connectivity index (χ2v) is 27.2. The van der Waals surface area contributed by atoms with Crippen molar-refractivity contribution in [3.05, 3.63) is 356 Å². The summed E-state index contributed by atoms with van der Waals surface area (Å²) in [6.45, 7) is 6.61. The minimum Gasteiger partial charge on any atom is -0.508 e. The molecular formula is C90H78O18. The Labute approximate surface area is 623 Å². The summed E-state index contributed by atoms with van der Waals surface area (Å²) in [5.74, 6) is 1.65. The van der Waals surface area contributed by atoms with Gasteiger partial charge in [0.15, 0.2) is 0 Å². The zero-order valence-electron chi connectivity index (χ0n) is 59.0. The van der Waals surface area contributed by atoms with Gasteiger partial charge < -0.3 is 89.7 Å². The average molecular weight is 1450 g/mol. The van der Waals surface area contributed by atoms with E-state index in [0.717, 1.165) is 50.1 Å². The Morgan fingerprint density at radius 3 is 0.407 bits per heavy atom. The average Bonchev–Trinajstić information content (AvgIpc) is 0.722. The number of rotatable bonds is 27. The number of ether oxygens (including phenoxy) is 6. The predicted octanol–water partition coefficient (Wildman–Crippen LogP) is 17.7. The fourth-order valence-corrected chi connectivity index (χ4v) is 13.7. The lowest BCUT2D eigenvalue weighted by molar-refractivity contribution is 0.304. The standard InChI is InChI=1S/C90H78O18/c1-88(61-4-16-82(17-5-61)103-49-55-28-70(91)43-71(92)29-55,62-6-18-83(19-7-62)104-50-56-30-72(93)44-73(94)31-56)67-40-68(89(2,63-8-20-84(21-9-63)105-51-57-32-74(95)45-75(96)33-57)64-10-22-85(23-11-64)106-52-58-34-76(97)46-77(98)35-58)42-69(41-67)90(3,65-12-24-86(25-13-65)107-53-59-36-78(99)47-79(100)37-59)66-14-26-87(27-15-66)108-54-60-38-80(101)48-81(102)39-60/h4-48,91-102H,49-54H2,1-3H3. The van der Waals surface area contributed by atoms with E-state index >= 15 is 0 Å². The van der Waals surface area contributed by atoms with E-state index in [-0.39, 0.29) is 109 Å². The van der Waals surface area contributed by atoms with Gasteiger partial charge in [0, 0.05) is 52.6 Å². The van der Waals surface area contributed by atoms with Crippen molar-refractivity contribution in [1.29, 1.82) is 0 Å². The van der Waals surface area contributed by atoms with E-state index < -0.39 is 16.2 Å². The molecule has 0 bridgehead atoms. The molecule has 0 amide bonds. The number of aromatic hydroxyl groups is 12. The van der Waals surface area contributed by atoms with E-state index in [1.807, 2.05) is 146 Å². The smallest absolute Gasteiger partial charge is 0.119 e. The third-order valence-electron chi connectivity index (χ3n) is 19.5. The van der Waals surface area contributed by atoms with Crippen LogP contribution in [0.15, 0.2) is 273 Å². The van der Waals surface area contributed by atoms with Crippen molar-refractivity contribution < 1.29 is 89.7 Å². The van der Waals surface area contributed by atoms with Crippen LogP contribution in [0.5, 0.6) is 103 Å². The topological polar surface area (TPSA) is 298 Å². The first-order valence-corrected chi connectivity index (χ1v) is 34.6. The van der Waals surface area contributed by atoms with Crippen LogP contribution in [0.25, 0.3) is 0 Å². The third-order valence-corrected chi connectivity index (χ3v) is 19.5. The quantitative estimate of drug-likeness (QED) is 0.0213. The van der Waals surface area contributed by atoms with Gasteiger partial charge in [-0.2, -0.15) is 0 Å². The van der Waals surface area contributed by atoms with Crippen molar-refractivity contribution in [2.24, 2.45) is 0 Å². The monoisotopic (exact) mass is 1450 g/mol. The Balaban J connectivity index is 1.01. The first-order valence-electron chi connectivity index (χ1n) is 34.6. The van der Waals surface area contributed by atoms with E-state index in [9.17, 15) is 61.3 Å². The lowest BCUT2D eigenvalue weighted by atomic mass is 9.63. The summed E-state index contributed by atoms with van der Waals surface area (Å²) in [4.78, 5) is 0. The normalized spacial score (nSPS) is 11.6. The molecule has 0 saturated heterocycles. The summed E-state index contributed by atoms with van der Waals surface area (Å²) in [6.07, 6.45) is 0. The molecule has 13 aromatic carbocycles. The van der Waals surface area contributed by atoms with Crippen LogP contribution in [0.3, 0.4) is 0 Å². The summed E-state index contributed by atoms with van der Waals surface area (Å²) in [5.41, 5.74) is 7.37. The van der Waals surface area contributed by atoms with E-state index in [2.05, 4.69) is 39.0 Å². The van der Waals surface area contributed by atoms with Gasteiger partial charge in [-0.25, -0.2) is 0 Å². The summed E-state index contributed by atoms with van der Waals surface area (Å²) < 4.78 is 38.0. The first kappa shape index (κ1) is 72.6. The van der Waals surface area contributed by atoms with Gasteiger partial charge in [0.05, 0.1) is 0 Å². The molecule has 546 valence electrons. The molecule has 0 aliphatic rings. The van der Waals surface area contributed by atoms with Gasteiger partial charge in [0.1, 0.15) is 143 Å². The zero-order chi connectivity index (χ0) is 75.9. The molecule has 12 N–H and O–H groups in total. The van der Waals surface area contributed by atoms with E-state index in [1.165, 1.54) is 109 Å². The van der Waals surface area contributed by atoms with E-state index in [4.69, 9.17) is 28.4 Å². The van der Waals surface area contributed by atoms with Crippen molar-refractivity contribution in [3.63, 3.8) is 0 Å². The number of benzene rings is 13. The van der Waals surface area contributed by atoms with Crippen LogP contribution in [0.4, 0.5) is 0 Å². The Hall–Kier alpha value is -13.7. The Morgan fingerprint density at radius 2 is 0.287 bits per heavy atom. The third kappa shape index (κ3) is 16.7. The fourth-order valence-electron chi connectivity index (χ4n) is 13.7. The van der Waals surface area contributed by atoms with Crippen molar-refractivity contribution in [3.8, 4) is 103 Å². The zero-order valence-corrected chi connectivity index (χ0v) is 59.0. The van der Waals surface area contributed by atoms with E-state index in [1.54, 1.807) is 0 Å².